The number of carbonyl (C=O) groups excluding carboxylic acids is 1. The van der Waals surface area contributed by atoms with Crippen LogP contribution in [0.15, 0.2) is 48.5 Å². The molecule has 2 saturated heterocycles. The number of piperidine rings is 1. The molecule has 2 fully saturated rings. The minimum absolute atomic E-state index is 0.0339. The molecule has 0 aliphatic carbocycles. The average molecular weight is 434 g/mol. The number of amides is 1. The number of methoxy groups -OCH3 is 1. The normalized spacial score (nSPS) is 26.1. The van der Waals surface area contributed by atoms with Crippen LogP contribution in [0.2, 0.25) is 0 Å². The van der Waals surface area contributed by atoms with E-state index in [2.05, 4.69) is 17.4 Å². The minimum Gasteiger partial charge on any atom is -0.496 e. The summed E-state index contributed by atoms with van der Waals surface area (Å²) >= 11 is 0. The second-order valence-corrected chi connectivity index (χ2v) is 8.09. The van der Waals surface area contributed by atoms with Gasteiger partial charge in [-0.1, -0.05) is 30.3 Å². The number of anilines is 1. The maximum absolute atomic E-state index is 12.7. The topological polar surface area (TPSA) is 59.6 Å². The van der Waals surface area contributed by atoms with Crippen molar-refractivity contribution in [2.75, 3.05) is 25.6 Å². The standard InChI is InChI=1S/C23H25F3N2O3/c1-30-19-9-8-17(28-21(29)23(24,25)26)12-18(19)16-13-22(31-14-16)10-5-11-27-20(22)15-6-3-2-4-7-15/h2-4,6-9,12,16,20,27H,5,10-11,13-14H2,1H3,(H,28,29)/t16-,20-,22+/m0/s1. The predicted octanol–water partition coefficient (Wildman–Crippen LogP) is 4.56. The molecule has 1 spiro atoms. The molecule has 0 saturated carbocycles. The first-order valence-corrected chi connectivity index (χ1v) is 10.3. The molecule has 2 aliphatic heterocycles. The van der Waals surface area contributed by atoms with Crippen molar-refractivity contribution in [2.45, 2.75) is 43.0 Å². The van der Waals surface area contributed by atoms with E-state index in [-0.39, 0.29) is 17.6 Å². The van der Waals surface area contributed by atoms with E-state index in [4.69, 9.17) is 9.47 Å². The zero-order valence-electron chi connectivity index (χ0n) is 17.2. The van der Waals surface area contributed by atoms with Crippen LogP contribution < -0.4 is 15.4 Å². The average Bonchev–Trinajstić information content (AvgIpc) is 3.18. The third-order valence-corrected chi connectivity index (χ3v) is 6.13. The van der Waals surface area contributed by atoms with Gasteiger partial charge in [-0.05, 0) is 49.6 Å². The molecular formula is C23H25F3N2O3. The van der Waals surface area contributed by atoms with Crippen molar-refractivity contribution in [3.8, 4) is 5.75 Å². The predicted molar refractivity (Wildman–Crippen MR) is 110 cm³/mol. The zero-order valence-corrected chi connectivity index (χ0v) is 17.2. The quantitative estimate of drug-likeness (QED) is 0.741. The maximum Gasteiger partial charge on any atom is 0.471 e. The lowest BCUT2D eigenvalue weighted by atomic mass is 9.77. The SMILES string of the molecule is COc1ccc(NC(=O)C(F)(F)F)cc1[C@@H]1CO[C@]2(CCCN[C@H]2c2ccccc2)C1. The molecule has 166 valence electrons. The van der Waals surface area contributed by atoms with Crippen molar-refractivity contribution < 1.29 is 27.4 Å². The third-order valence-electron chi connectivity index (χ3n) is 6.13. The van der Waals surface area contributed by atoms with E-state index >= 15 is 0 Å². The van der Waals surface area contributed by atoms with Gasteiger partial charge in [-0.3, -0.25) is 4.79 Å². The van der Waals surface area contributed by atoms with E-state index in [1.807, 2.05) is 23.5 Å². The molecule has 0 bridgehead atoms. The maximum atomic E-state index is 12.7. The molecule has 3 atom stereocenters. The summed E-state index contributed by atoms with van der Waals surface area (Å²) in [5.74, 6) is -1.50. The third kappa shape index (κ3) is 4.41. The fourth-order valence-electron chi connectivity index (χ4n) is 4.74. The van der Waals surface area contributed by atoms with Crippen LogP contribution in [0.4, 0.5) is 18.9 Å². The molecule has 0 unspecified atom stereocenters. The molecule has 8 heteroatoms. The Morgan fingerprint density at radius 2 is 2.00 bits per heavy atom. The molecule has 4 rings (SSSR count). The fraction of sp³-hybridized carbons (Fsp3) is 0.435. The summed E-state index contributed by atoms with van der Waals surface area (Å²) in [5, 5.41) is 5.51. The molecule has 2 aromatic rings. The van der Waals surface area contributed by atoms with Crippen molar-refractivity contribution in [2.24, 2.45) is 0 Å². The smallest absolute Gasteiger partial charge is 0.471 e. The number of ether oxygens (including phenoxy) is 2. The summed E-state index contributed by atoms with van der Waals surface area (Å²) in [6.45, 7) is 1.33. The summed E-state index contributed by atoms with van der Waals surface area (Å²) in [6, 6.07) is 14.7. The largest absolute Gasteiger partial charge is 0.496 e. The zero-order chi connectivity index (χ0) is 22.1. The van der Waals surface area contributed by atoms with Gasteiger partial charge < -0.3 is 20.1 Å². The van der Waals surface area contributed by atoms with Crippen LogP contribution in [-0.2, 0) is 9.53 Å². The fourth-order valence-corrected chi connectivity index (χ4v) is 4.74. The number of alkyl halides is 3. The Kier molecular flexibility index (Phi) is 5.94. The van der Waals surface area contributed by atoms with Crippen LogP contribution in [0.5, 0.6) is 5.75 Å². The summed E-state index contributed by atoms with van der Waals surface area (Å²) in [5.41, 5.74) is 1.57. The summed E-state index contributed by atoms with van der Waals surface area (Å²) in [6.07, 6.45) is -2.37. The first kappa shape index (κ1) is 21.6. The number of hydrogen-bond acceptors (Lipinski definition) is 4. The molecule has 2 aliphatic rings. The highest BCUT2D eigenvalue weighted by molar-refractivity contribution is 5.95. The van der Waals surface area contributed by atoms with Crippen molar-refractivity contribution in [3.63, 3.8) is 0 Å². The molecular weight excluding hydrogens is 409 g/mol. The Morgan fingerprint density at radius 3 is 2.71 bits per heavy atom. The van der Waals surface area contributed by atoms with Gasteiger partial charge >= 0.3 is 12.1 Å². The molecule has 1 amide bonds. The lowest BCUT2D eigenvalue weighted by molar-refractivity contribution is -0.167. The van der Waals surface area contributed by atoms with Crippen LogP contribution >= 0.6 is 0 Å². The first-order valence-electron chi connectivity index (χ1n) is 10.3. The van der Waals surface area contributed by atoms with Gasteiger partial charge in [-0.15, -0.1) is 0 Å². The van der Waals surface area contributed by atoms with E-state index in [1.54, 1.807) is 12.1 Å². The number of nitrogens with one attached hydrogen (secondary N) is 2. The van der Waals surface area contributed by atoms with E-state index in [1.165, 1.54) is 13.2 Å². The van der Waals surface area contributed by atoms with Gasteiger partial charge in [-0.25, -0.2) is 0 Å². The van der Waals surface area contributed by atoms with Gasteiger partial charge in [0.25, 0.3) is 0 Å². The Morgan fingerprint density at radius 1 is 1.23 bits per heavy atom. The molecule has 0 aromatic heterocycles. The van der Waals surface area contributed by atoms with Gasteiger partial charge in [0.15, 0.2) is 0 Å². The number of hydrogen-bond donors (Lipinski definition) is 2. The highest BCUT2D eigenvalue weighted by Crippen LogP contribution is 2.49. The number of benzene rings is 2. The van der Waals surface area contributed by atoms with Gasteiger partial charge in [-0.2, -0.15) is 13.2 Å². The van der Waals surface area contributed by atoms with E-state index < -0.39 is 17.7 Å². The number of carbonyl (C=O) groups is 1. The highest BCUT2D eigenvalue weighted by atomic mass is 19.4. The lowest BCUT2D eigenvalue weighted by Crippen LogP contribution is -2.48. The van der Waals surface area contributed by atoms with Crippen LogP contribution in [0.25, 0.3) is 0 Å². The Hall–Kier alpha value is -2.58. The number of halogens is 3. The summed E-state index contributed by atoms with van der Waals surface area (Å²) in [4.78, 5) is 11.4. The molecule has 2 heterocycles. The Balaban J connectivity index is 1.60. The summed E-state index contributed by atoms with van der Waals surface area (Å²) in [7, 11) is 1.52. The Bertz CT molecular complexity index is 935. The van der Waals surface area contributed by atoms with Gasteiger partial charge in [0, 0.05) is 17.2 Å². The molecule has 2 N–H and O–H groups in total. The second kappa shape index (κ2) is 8.51. The molecule has 2 aromatic carbocycles. The van der Waals surface area contributed by atoms with Crippen molar-refractivity contribution in [1.29, 1.82) is 0 Å². The minimum atomic E-state index is -4.95. The van der Waals surface area contributed by atoms with Crippen LogP contribution in [-0.4, -0.2) is 37.9 Å². The lowest BCUT2D eigenvalue weighted by Gasteiger charge is -2.41. The molecule has 0 radical (unpaired) electrons. The first-order chi connectivity index (χ1) is 14.8. The molecule has 31 heavy (non-hydrogen) atoms. The van der Waals surface area contributed by atoms with Crippen LogP contribution in [0.3, 0.4) is 0 Å². The summed E-state index contributed by atoms with van der Waals surface area (Å²) < 4.78 is 49.9. The monoisotopic (exact) mass is 434 g/mol. The van der Waals surface area contributed by atoms with Gasteiger partial charge in [0.05, 0.1) is 25.4 Å². The van der Waals surface area contributed by atoms with E-state index in [9.17, 15) is 18.0 Å². The van der Waals surface area contributed by atoms with Gasteiger partial charge in [0.1, 0.15) is 5.75 Å². The molecule has 5 nitrogen and oxygen atoms in total. The second-order valence-electron chi connectivity index (χ2n) is 8.09. The van der Waals surface area contributed by atoms with Crippen LogP contribution in [0.1, 0.15) is 42.3 Å². The van der Waals surface area contributed by atoms with Crippen LogP contribution in [0, 0.1) is 0 Å². The Labute approximate surface area is 178 Å². The highest BCUT2D eigenvalue weighted by Gasteiger charge is 2.49. The van der Waals surface area contributed by atoms with E-state index in [0.717, 1.165) is 30.5 Å². The number of rotatable bonds is 4. The van der Waals surface area contributed by atoms with Crippen molar-refractivity contribution in [1.82, 2.24) is 5.32 Å². The van der Waals surface area contributed by atoms with Gasteiger partial charge in [0.2, 0.25) is 0 Å². The van der Waals surface area contributed by atoms with Crippen molar-refractivity contribution >= 4 is 11.6 Å². The van der Waals surface area contributed by atoms with E-state index in [0.29, 0.717) is 18.8 Å². The van der Waals surface area contributed by atoms with Crippen molar-refractivity contribution in [3.05, 3.63) is 59.7 Å².